The fourth-order valence-corrected chi connectivity index (χ4v) is 3.20. The lowest BCUT2D eigenvalue weighted by Crippen LogP contribution is -2.12. The molecule has 0 radical (unpaired) electrons. The van der Waals surface area contributed by atoms with Crippen LogP contribution in [0.15, 0.2) is 42.5 Å². The molecule has 4 nitrogen and oxygen atoms in total. The first-order valence-electron chi connectivity index (χ1n) is 5.76. The van der Waals surface area contributed by atoms with Crippen LogP contribution in [0.1, 0.15) is 11.1 Å². The van der Waals surface area contributed by atoms with E-state index in [9.17, 15) is 8.42 Å². The minimum Gasteiger partial charge on any atom is -0.381 e. The molecular weight excluding hydrogens is 333 g/mol. The SMILES string of the molecule is N#Cc1cccc(CS(=O)(=O)Oc2ccc(Cl)cc2Cl)c1. The third-order valence-corrected chi connectivity index (χ3v) is 4.16. The second-order valence-corrected chi connectivity index (χ2v) is 6.59. The van der Waals surface area contributed by atoms with Crippen molar-refractivity contribution in [3.05, 3.63) is 63.6 Å². The highest BCUT2D eigenvalue weighted by atomic mass is 35.5. The van der Waals surface area contributed by atoms with E-state index in [2.05, 4.69) is 0 Å². The summed E-state index contributed by atoms with van der Waals surface area (Å²) in [7, 11) is -3.88. The van der Waals surface area contributed by atoms with Crippen LogP contribution in [0.5, 0.6) is 5.75 Å². The molecule has 21 heavy (non-hydrogen) atoms. The Morgan fingerprint density at radius 1 is 1.14 bits per heavy atom. The van der Waals surface area contributed by atoms with Crippen molar-refractivity contribution in [3.63, 3.8) is 0 Å². The van der Waals surface area contributed by atoms with Crippen LogP contribution >= 0.6 is 23.2 Å². The van der Waals surface area contributed by atoms with Gasteiger partial charge in [0.05, 0.1) is 16.7 Å². The van der Waals surface area contributed by atoms with Crippen molar-refractivity contribution in [1.29, 1.82) is 5.26 Å². The molecule has 2 rings (SSSR count). The number of rotatable bonds is 4. The number of hydrogen-bond acceptors (Lipinski definition) is 4. The molecule has 0 aliphatic heterocycles. The molecular formula is C14H9Cl2NO3S. The van der Waals surface area contributed by atoms with Gasteiger partial charge in [0.25, 0.3) is 0 Å². The molecule has 0 saturated carbocycles. The summed E-state index contributed by atoms with van der Waals surface area (Å²) >= 11 is 11.6. The van der Waals surface area contributed by atoms with Crippen molar-refractivity contribution in [1.82, 2.24) is 0 Å². The zero-order valence-corrected chi connectivity index (χ0v) is 12.9. The first kappa shape index (κ1) is 15.6. The summed E-state index contributed by atoms with van der Waals surface area (Å²) in [5.74, 6) is -0.348. The molecule has 0 spiro atoms. The summed E-state index contributed by atoms with van der Waals surface area (Å²) in [5.41, 5.74) is 0.839. The van der Waals surface area contributed by atoms with Gasteiger partial charge in [0, 0.05) is 5.02 Å². The van der Waals surface area contributed by atoms with Crippen molar-refractivity contribution >= 4 is 33.3 Å². The van der Waals surface area contributed by atoms with E-state index < -0.39 is 10.1 Å². The molecule has 0 heterocycles. The molecule has 0 bridgehead atoms. The van der Waals surface area contributed by atoms with Crippen LogP contribution in [0.2, 0.25) is 10.0 Å². The van der Waals surface area contributed by atoms with Gasteiger partial charge in [0.2, 0.25) is 0 Å². The van der Waals surface area contributed by atoms with Gasteiger partial charge >= 0.3 is 10.1 Å². The molecule has 0 aromatic heterocycles. The topological polar surface area (TPSA) is 67.2 Å². The zero-order valence-electron chi connectivity index (χ0n) is 10.6. The maximum absolute atomic E-state index is 12.0. The van der Waals surface area contributed by atoms with E-state index >= 15 is 0 Å². The Morgan fingerprint density at radius 3 is 2.57 bits per heavy atom. The van der Waals surface area contributed by atoms with E-state index in [4.69, 9.17) is 32.6 Å². The first-order valence-corrected chi connectivity index (χ1v) is 8.09. The Morgan fingerprint density at radius 2 is 1.90 bits per heavy atom. The molecule has 0 fully saturated rings. The molecule has 108 valence electrons. The lowest BCUT2D eigenvalue weighted by atomic mass is 10.2. The minimum atomic E-state index is -3.88. The average molecular weight is 342 g/mol. The van der Waals surface area contributed by atoms with Crippen molar-refractivity contribution in [2.45, 2.75) is 5.75 Å². The Hall–Kier alpha value is -1.74. The fraction of sp³-hybridized carbons (Fsp3) is 0.0714. The van der Waals surface area contributed by atoms with Gasteiger partial charge in [-0.25, -0.2) is 0 Å². The van der Waals surface area contributed by atoms with Gasteiger partial charge in [-0.05, 0) is 35.9 Å². The standard InChI is InChI=1S/C14H9Cl2NO3S/c15-12-4-5-14(13(16)7-12)20-21(18,19)9-11-3-1-2-10(6-11)8-17/h1-7H,9H2. The van der Waals surface area contributed by atoms with E-state index in [1.807, 2.05) is 6.07 Å². The molecule has 0 unspecified atom stereocenters. The second kappa shape index (κ2) is 6.35. The molecule has 2 aromatic carbocycles. The highest BCUT2D eigenvalue weighted by Crippen LogP contribution is 2.29. The molecule has 0 amide bonds. The van der Waals surface area contributed by atoms with Crippen molar-refractivity contribution in [2.75, 3.05) is 0 Å². The summed E-state index contributed by atoms with van der Waals surface area (Å²) in [5, 5.41) is 9.29. The van der Waals surface area contributed by atoms with E-state index in [-0.39, 0.29) is 16.5 Å². The zero-order chi connectivity index (χ0) is 15.5. The summed E-state index contributed by atoms with van der Waals surface area (Å²) in [6.07, 6.45) is 0. The van der Waals surface area contributed by atoms with Crippen LogP contribution in [0.4, 0.5) is 0 Å². The average Bonchev–Trinajstić information content (AvgIpc) is 2.41. The summed E-state index contributed by atoms with van der Waals surface area (Å²) < 4.78 is 29.0. The third kappa shape index (κ3) is 4.36. The van der Waals surface area contributed by atoms with Gasteiger partial charge in [0.1, 0.15) is 5.75 Å². The smallest absolute Gasteiger partial charge is 0.313 e. The Bertz CT molecular complexity index is 813. The van der Waals surface area contributed by atoms with Crippen LogP contribution in [-0.4, -0.2) is 8.42 Å². The highest BCUT2D eigenvalue weighted by Gasteiger charge is 2.16. The number of nitrogens with zero attached hydrogens (tertiary/aromatic N) is 1. The largest absolute Gasteiger partial charge is 0.381 e. The normalized spacial score (nSPS) is 10.9. The van der Waals surface area contributed by atoms with E-state index in [1.165, 1.54) is 24.3 Å². The van der Waals surface area contributed by atoms with Crippen LogP contribution in [0, 0.1) is 11.3 Å². The number of nitriles is 1. The van der Waals surface area contributed by atoms with Gasteiger partial charge in [-0.15, -0.1) is 0 Å². The highest BCUT2D eigenvalue weighted by molar-refractivity contribution is 7.86. The summed E-state index contributed by atoms with van der Waals surface area (Å²) in [6.45, 7) is 0. The maximum Gasteiger partial charge on any atom is 0.313 e. The lowest BCUT2D eigenvalue weighted by molar-refractivity contribution is 0.485. The Balaban J connectivity index is 2.20. The number of benzene rings is 2. The van der Waals surface area contributed by atoms with Gasteiger partial charge in [-0.2, -0.15) is 13.7 Å². The van der Waals surface area contributed by atoms with Crippen LogP contribution < -0.4 is 4.18 Å². The first-order chi connectivity index (χ1) is 9.89. The van der Waals surface area contributed by atoms with Crippen LogP contribution in [0.3, 0.4) is 0 Å². The Kier molecular flexibility index (Phi) is 4.73. The third-order valence-electron chi connectivity index (χ3n) is 2.51. The second-order valence-electron chi connectivity index (χ2n) is 4.17. The molecule has 0 aliphatic carbocycles. The fourth-order valence-electron chi connectivity index (χ4n) is 1.64. The van der Waals surface area contributed by atoms with E-state index in [0.29, 0.717) is 16.1 Å². The van der Waals surface area contributed by atoms with E-state index in [0.717, 1.165) is 0 Å². The molecule has 0 aliphatic rings. The predicted octanol–water partition coefficient (Wildman–Crippen LogP) is 3.77. The van der Waals surface area contributed by atoms with Crippen LogP contribution in [0.25, 0.3) is 0 Å². The van der Waals surface area contributed by atoms with Crippen molar-refractivity contribution in [3.8, 4) is 11.8 Å². The maximum atomic E-state index is 12.0. The summed E-state index contributed by atoms with van der Waals surface area (Å²) in [4.78, 5) is 0. The van der Waals surface area contributed by atoms with E-state index in [1.54, 1.807) is 18.2 Å². The number of hydrogen-bond donors (Lipinski definition) is 0. The Labute approximate surface area is 132 Å². The molecule has 0 atom stereocenters. The quantitative estimate of drug-likeness (QED) is 0.793. The van der Waals surface area contributed by atoms with Gasteiger partial charge < -0.3 is 4.18 Å². The lowest BCUT2D eigenvalue weighted by Gasteiger charge is -2.09. The van der Waals surface area contributed by atoms with Crippen molar-refractivity contribution in [2.24, 2.45) is 0 Å². The van der Waals surface area contributed by atoms with Gasteiger partial charge in [0.15, 0.2) is 5.75 Å². The monoisotopic (exact) mass is 341 g/mol. The van der Waals surface area contributed by atoms with Gasteiger partial charge in [-0.1, -0.05) is 35.3 Å². The van der Waals surface area contributed by atoms with Crippen molar-refractivity contribution < 1.29 is 12.6 Å². The van der Waals surface area contributed by atoms with Crippen LogP contribution in [-0.2, 0) is 15.9 Å². The molecule has 0 N–H and O–H groups in total. The van der Waals surface area contributed by atoms with Gasteiger partial charge in [-0.3, -0.25) is 0 Å². The minimum absolute atomic E-state index is 0.0116. The molecule has 7 heteroatoms. The summed E-state index contributed by atoms with van der Waals surface area (Å²) in [6, 6.07) is 12.5. The predicted molar refractivity (Wildman–Crippen MR) is 80.9 cm³/mol. The molecule has 2 aromatic rings. The number of halogens is 2. The molecule has 0 saturated heterocycles.